The van der Waals surface area contributed by atoms with Crippen LogP contribution in [0.15, 0.2) is 103 Å². The molecule has 0 N–H and O–H groups in total. The molecule has 0 saturated heterocycles. The van der Waals surface area contributed by atoms with Crippen LogP contribution in [0.1, 0.15) is 30.5 Å². The Balaban J connectivity index is 1.27. The first-order valence-corrected chi connectivity index (χ1v) is 11.4. The summed E-state index contributed by atoms with van der Waals surface area (Å²) in [4.78, 5) is 0. The molecule has 6 nitrogen and oxygen atoms in total. The third-order valence-electron chi connectivity index (χ3n) is 6.23. The van der Waals surface area contributed by atoms with Gasteiger partial charge in [0.25, 0.3) is 0 Å². The highest BCUT2D eigenvalue weighted by atomic mass is 16.5. The Morgan fingerprint density at radius 1 is 0.853 bits per heavy atom. The van der Waals surface area contributed by atoms with Crippen molar-refractivity contribution in [2.24, 2.45) is 5.10 Å². The summed E-state index contributed by atoms with van der Waals surface area (Å²) in [6.07, 6.45) is 7.06. The number of fused-ring (bicyclic) bond motifs is 1. The lowest BCUT2D eigenvalue weighted by Gasteiger charge is -2.26. The molecular formula is C28H27N5O. The Hall–Kier alpha value is -4.19. The zero-order valence-corrected chi connectivity index (χ0v) is 19.4. The van der Waals surface area contributed by atoms with Crippen molar-refractivity contribution >= 4 is 17.1 Å². The number of ether oxygens (including phenoxy) is 1. The lowest BCUT2D eigenvalue weighted by atomic mass is 9.78. The van der Waals surface area contributed by atoms with E-state index in [0.29, 0.717) is 6.61 Å². The van der Waals surface area contributed by atoms with Crippen LogP contribution in [0.4, 0.5) is 0 Å². The molecule has 0 amide bonds. The van der Waals surface area contributed by atoms with Crippen LogP contribution in [0, 0.1) is 0 Å². The third-order valence-corrected chi connectivity index (χ3v) is 6.23. The number of rotatable bonds is 8. The maximum absolute atomic E-state index is 6.09. The van der Waals surface area contributed by atoms with Crippen LogP contribution in [0.25, 0.3) is 10.9 Å². The molecule has 0 fully saturated rings. The van der Waals surface area contributed by atoms with Gasteiger partial charge in [-0.3, -0.25) is 0 Å². The van der Waals surface area contributed by atoms with Crippen molar-refractivity contribution in [2.45, 2.75) is 25.8 Å². The van der Waals surface area contributed by atoms with E-state index in [1.165, 1.54) is 11.1 Å². The molecule has 170 valence electrons. The molecular weight excluding hydrogens is 422 g/mol. The van der Waals surface area contributed by atoms with Gasteiger partial charge in [-0.15, -0.1) is 10.2 Å². The summed E-state index contributed by atoms with van der Waals surface area (Å²) in [5.41, 5.74) is 4.69. The first kappa shape index (κ1) is 21.6. The van der Waals surface area contributed by atoms with Gasteiger partial charge < -0.3 is 9.30 Å². The van der Waals surface area contributed by atoms with E-state index in [1.807, 2.05) is 18.3 Å². The first-order chi connectivity index (χ1) is 16.6. The largest absolute Gasteiger partial charge is 0.492 e. The predicted molar refractivity (Wildman–Crippen MR) is 135 cm³/mol. The minimum Gasteiger partial charge on any atom is -0.492 e. The molecule has 3 aromatic carbocycles. The lowest BCUT2D eigenvalue weighted by Crippen LogP contribution is -2.18. The zero-order chi connectivity index (χ0) is 23.4. The smallest absolute Gasteiger partial charge is 0.141 e. The molecule has 0 aliphatic carbocycles. The van der Waals surface area contributed by atoms with Gasteiger partial charge >= 0.3 is 0 Å². The molecule has 0 atom stereocenters. The Labute approximate surface area is 199 Å². The van der Waals surface area contributed by atoms with E-state index in [0.717, 1.165) is 28.8 Å². The van der Waals surface area contributed by atoms with Crippen molar-refractivity contribution < 1.29 is 4.74 Å². The molecule has 2 aromatic heterocycles. The van der Waals surface area contributed by atoms with E-state index >= 15 is 0 Å². The van der Waals surface area contributed by atoms with Crippen molar-refractivity contribution in [2.75, 3.05) is 6.61 Å². The lowest BCUT2D eigenvalue weighted by molar-refractivity contribution is 0.300. The number of hydrogen-bond acceptors (Lipinski definition) is 4. The summed E-state index contributed by atoms with van der Waals surface area (Å²) < 4.78 is 9.87. The number of para-hydroxylation sites is 1. The number of benzene rings is 3. The van der Waals surface area contributed by atoms with E-state index in [1.54, 1.807) is 17.3 Å². The molecule has 0 radical (unpaired) electrons. The highest BCUT2D eigenvalue weighted by Crippen LogP contribution is 2.32. The molecule has 0 aliphatic heterocycles. The minimum atomic E-state index is -0.0609. The Morgan fingerprint density at radius 3 is 2.29 bits per heavy atom. The number of hydrogen-bond donors (Lipinski definition) is 0. The van der Waals surface area contributed by atoms with E-state index in [-0.39, 0.29) is 5.41 Å². The molecule has 0 spiro atoms. The average molecular weight is 450 g/mol. The quantitative estimate of drug-likeness (QED) is 0.293. The Kier molecular flexibility index (Phi) is 5.95. The topological polar surface area (TPSA) is 57.2 Å². The summed E-state index contributed by atoms with van der Waals surface area (Å²) >= 11 is 0. The highest BCUT2D eigenvalue weighted by Gasteiger charge is 2.22. The summed E-state index contributed by atoms with van der Waals surface area (Å²) in [5.74, 6) is 0.874. The van der Waals surface area contributed by atoms with Crippen LogP contribution < -0.4 is 4.74 Å². The maximum Gasteiger partial charge on any atom is 0.141 e. The summed E-state index contributed by atoms with van der Waals surface area (Å²) in [6.45, 7) is 5.81. The van der Waals surface area contributed by atoms with E-state index < -0.39 is 0 Å². The van der Waals surface area contributed by atoms with Gasteiger partial charge in [-0.1, -0.05) is 74.5 Å². The second-order valence-electron chi connectivity index (χ2n) is 8.75. The second kappa shape index (κ2) is 9.35. The van der Waals surface area contributed by atoms with Gasteiger partial charge in [0.05, 0.1) is 12.8 Å². The summed E-state index contributed by atoms with van der Waals surface area (Å²) in [7, 11) is 0. The number of aromatic nitrogens is 4. The normalized spacial score (nSPS) is 11.9. The molecule has 0 bridgehead atoms. The van der Waals surface area contributed by atoms with E-state index in [2.05, 4.69) is 107 Å². The summed E-state index contributed by atoms with van der Waals surface area (Å²) in [6, 6.07) is 27.3. The van der Waals surface area contributed by atoms with Gasteiger partial charge in [-0.2, -0.15) is 5.10 Å². The van der Waals surface area contributed by atoms with Crippen molar-refractivity contribution in [3.05, 3.63) is 114 Å². The Bertz CT molecular complexity index is 1380. The fourth-order valence-electron chi connectivity index (χ4n) is 4.20. The highest BCUT2D eigenvalue weighted by molar-refractivity contribution is 5.99. The van der Waals surface area contributed by atoms with Gasteiger partial charge in [0.2, 0.25) is 0 Å². The zero-order valence-electron chi connectivity index (χ0n) is 19.4. The number of nitrogens with zero attached hydrogens (tertiary/aromatic N) is 5. The van der Waals surface area contributed by atoms with E-state index in [9.17, 15) is 0 Å². The van der Waals surface area contributed by atoms with Crippen LogP contribution in [0.5, 0.6) is 5.75 Å². The van der Waals surface area contributed by atoms with Crippen molar-refractivity contribution in [3.8, 4) is 5.75 Å². The van der Waals surface area contributed by atoms with Gasteiger partial charge in [0.15, 0.2) is 0 Å². The van der Waals surface area contributed by atoms with Gasteiger partial charge in [-0.25, -0.2) is 4.68 Å². The van der Waals surface area contributed by atoms with Gasteiger partial charge in [0.1, 0.15) is 25.0 Å². The maximum atomic E-state index is 6.09. The molecule has 34 heavy (non-hydrogen) atoms. The van der Waals surface area contributed by atoms with Crippen molar-refractivity contribution in [1.29, 1.82) is 0 Å². The van der Waals surface area contributed by atoms with Crippen LogP contribution in [-0.2, 0) is 12.0 Å². The SMILES string of the molecule is CC(C)(c1ccccc1)c1ccc(OCCn2cc(C=Nn3cnnc3)c3ccccc32)cc1. The average Bonchev–Trinajstić information content (AvgIpc) is 3.52. The summed E-state index contributed by atoms with van der Waals surface area (Å²) in [5, 5.41) is 13.1. The van der Waals surface area contributed by atoms with Gasteiger partial charge in [-0.05, 0) is 29.3 Å². The minimum absolute atomic E-state index is 0.0609. The van der Waals surface area contributed by atoms with Crippen molar-refractivity contribution in [1.82, 2.24) is 19.4 Å². The van der Waals surface area contributed by atoms with Crippen LogP contribution in [-0.4, -0.2) is 32.3 Å². The fourth-order valence-corrected chi connectivity index (χ4v) is 4.20. The molecule has 5 rings (SSSR count). The first-order valence-electron chi connectivity index (χ1n) is 11.4. The van der Waals surface area contributed by atoms with Crippen LogP contribution in [0.3, 0.4) is 0 Å². The second-order valence-corrected chi connectivity index (χ2v) is 8.75. The molecule has 5 aromatic rings. The third kappa shape index (κ3) is 4.48. The van der Waals surface area contributed by atoms with E-state index in [4.69, 9.17) is 4.74 Å². The Morgan fingerprint density at radius 2 is 1.53 bits per heavy atom. The van der Waals surface area contributed by atoms with Crippen LogP contribution >= 0.6 is 0 Å². The fraction of sp³-hybridized carbons (Fsp3) is 0.179. The molecule has 0 aliphatic rings. The molecule has 6 heteroatoms. The molecule has 2 heterocycles. The molecule has 0 saturated carbocycles. The monoisotopic (exact) mass is 449 g/mol. The predicted octanol–water partition coefficient (Wildman–Crippen LogP) is 5.52. The standard InChI is InChI=1S/C28H27N5O/c1-28(2,23-8-4-3-5-9-23)24-12-14-25(15-13-24)34-17-16-32-19-22(18-31-33-20-29-30-21-33)26-10-6-7-11-27(26)32/h3-15,18-21H,16-17H2,1-2H3. The van der Waals surface area contributed by atoms with Crippen LogP contribution in [0.2, 0.25) is 0 Å². The van der Waals surface area contributed by atoms with Crippen molar-refractivity contribution in [3.63, 3.8) is 0 Å². The molecule has 0 unspecified atom stereocenters. The van der Waals surface area contributed by atoms with Gasteiger partial charge in [0, 0.05) is 28.1 Å².